The van der Waals surface area contributed by atoms with Gasteiger partial charge in [0.15, 0.2) is 0 Å². The molecule has 0 spiro atoms. The highest BCUT2D eigenvalue weighted by atomic mass is 16.5. The molecule has 0 saturated carbocycles. The smallest absolute Gasteiger partial charge is 0.337 e. The zero-order chi connectivity index (χ0) is 14.4. The quantitative estimate of drug-likeness (QED) is 0.807. The predicted molar refractivity (Wildman–Crippen MR) is 79.8 cm³/mol. The second kappa shape index (κ2) is 7.41. The number of methoxy groups -OCH3 is 1. The Balaban J connectivity index is 1.91. The minimum Gasteiger partial charge on any atom is -0.465 e. The van der Waals surface area contributed by atoms with Crippen molar-refractivity contribution in [1.29, 1.82) is 0 Å². The molecule has 1 atom stereocenters. The first-order valence-electron chi connectivity index (χ1n) is 7.36. The van der Waals surface area contributed by atoms with Gasteiger partial charge in [0.1, 0.15) is 0 Å². The molecule has 1 aromatic carbocycles. The van der Waals surface area contributed by atoms with Gasteiger partial charge in [-0.15, -0.1) is 0 Å². The Bertz CT molecular complexity index is 425. The molecule has 4 heteroatoms. The van der Waals surface area contributed by atoms with Crippen LogP contribution in [0.25, 0.3) is 0 Å². The fourth-order valence-corrected chi connectivity index (χ4v) is 2.65. The van der Waals surface area contributed by atoms with E-state index in [9.17, 15) is 4.79 Å². The van der Waals surface area contributed by atoms with Crippen LogP contribution in [-0.4, -0.2) is 43.7 Å². The van der Waals surface area contributed by atoms with Gasteiger partial charge in [0, 0.05) is 19.1 Å². The summed E-state index contributed by atoms with van der Waals surface area (Å²) in [5.74, 6) is -0.279. The second-order valence-corrected chi connectivity index (χ2v) is 5.31. The molecular formula is C16H24N2O2. The highest BCUT2D eigenvalue weighted by molar-refractivity contribution is 5.89. The molecule has 1 aromatic rings. The molecule has 1 unspecified atom stereocenters. The van der Waals surface area contributed by atoms with Gasteiger partial charge >= 0.3 is 5.97 Å². The first kappa shape index (κ1) is 15.0. The molecule has 110 valence electrons. The summed E-state index contributed by atoms with van der Waals surface area (Å²) in [5, 5.41) is 3.54. The third-order valence-corrected chi connectivity index (χ3v) is 3.87. The van der Waals surface area contributed by atoms with Gasteiger partial charge in [0.25, 0.3) is 0 Å². The Morgan fingerprint density at radius 3 is 2.70 bits per heavy atom. The third-order valence-electron chi connectivity index (χ3n) is 3.87. The van der Waals surface area contributed by atoms with Crippen LogP contribution >= 0.6 is 0 Å². The number of likely N-dealkylation sites (N-methyl/N-ethyl adjacent to an activating group) is 1. The van der Waals surface area contributed by atoms with Gasteiger partial charge in [-0.05, 0) is 43.6 Å². The van der Waals surface area contributed by atoms with Crippen LogP contribution in [0.4, 0.5) is 0 Å². The van der Waals surface area contributed by atoms with E-state index in [1.165, 1.54) is 25.5 Å². The average Bonchev–Trinajstić information content (AvgIpc) is 2.99. The summed E-state index contributed by atoms with van der Waals surface area (Å²) in [7, 11) is 1.41. The van der Waals surface area contributed by atoms with Crippen molar-refractivity contribution in [1.82, 2.24) is 10.2 Å². The van der Waals surface area contributed by atoms with E-state index in [1.54, 1.807) is 0 Å². The van der Waals surface area contributed by atoms with Crippen molar-refractivity contribution in [2.24, 2.45) is 0 Å². The lowest BCUT2D eigenvalue weighted by atomic mass is 10.1. The van der Waals surface area contributed by atoms with Crippen molar-refractivity contribution < 1.29 is 9.53 Å². The standard InChI is InChI=1S/C16H24N2O2/c1-3-18(12-15-5-4-10-17-15)11-13-6-8-14(9-7-13)16(19)20-2/h6-9,15,17H,3-5,10-12H2,1-2H3. The monoisotopic (exact) mass is 276 g/mol. The fraction of sp³-hybridized carbons (Fsp3) is 0.562. The SMILES string of the molecule is CCN(Cc1ccc(C(=O)OC)cc1)CC1CCCN1. The lowest BCUT2D eigenvalue weighted by Gasteiger charge is -2.24. The van der Waals surface area contributed by atoms with Crippen molar-refractivity contribution in [3.63, 3.8) is 0 Å². The molecule has 4 nitrogen and oxygen atoms in total. The molecule has 0 bridgehead atoms. The van der Waals surface area contributed by atoms with Gasteiger partial charge in [-0.25, -0.2) is 4.79 Å². The van der Waals surface area contributed by atoms with Crippen LogP contribution in [-0.2, 0) is 11.3 Å². The molecule has 2 rings (SSSR count). The Morgan fingerprint density at radius 1 is 1.40 bits per heavy atom. The summed E-state index contributed by atoms with van der Waals surface area (Å²) in [6.07, 6.45) is 2.56. The zero-order valence-electron chi connectivity index (χ0n) is 12.4. The molecule has 1 saturated heterocycles. The molecule has 1 aliphatic heterocycles. The number of carbonyl (C=O) groups is 1. The normalized spacial score (nSPS) is 18.4. The van der Waals surface area contributed by atoms with Crippen LogP contribution in [0.2, 0.25) is 0 Å². The summed E-state index contributed by atoms with van der Waals surface area (Å²) in [6, 6.07) is 8.32. The molecule has 0 aromatic heterocycles. The summed E-state index contributed by atoms with van der Waals surface area (Å²) in [5.41, 5.74) is 1.84. The Labute approximate surface area is 121 Å². The first-order valence-corrected chi connectivity index (χ1v) is 7.36. The van der Waals surface area contributed by atoms with Gasteiger partial charge in [0.05, 0.1) is 12.7 Å². The van der Waals surface area contributed by atoms with E-state index >= 15 is 0 Å². The largest absolute Gasteiger partial charge is 0.465 e. The Hall–Kier alpha value is -1.39. The minimum atomic E-state index is -0.279. The van der Waals surface area contributed by atoms with Crippen LogP contribution in [0.1, 0.15) is 35.7 Å². The third kappa shape index (κ3) is 4.05. The molecule has 1 heterocycles. The van der Waals surface area contributed by atoms with E-state index in [4.69, 9.17) is 4.74 Å². The average molecular weight is 276 g/mol. The molecule has 1 N–H and O–H groups in total. The van der Waals surface area contributed by atoms with E-state index in [2.05, 4.69) is 17.1 Å². The number of esters is 1. The van der Waals surface area contributed by atoms with Crippen molar-refractivity contribution in [3.8, 4) is 0 Å². The lowest BCUT2D eigenvalue weighted by molar-refractivity contribution is 0.0600. The van der Waals surface area contributed by atoms with Crippen molar-refractivity contribution >= 4 is 5.97 Å². The maximum atomic E-state index is 11.4. The van der Waals surface area contributed by atoms with Gasteiger partial charge in [-0.2, -0.15) is 0 Å². The van der Waals surface area contributed by atoms with E-state index in [0.717, 1.165) is 26.2 Å². The van der Waals surface area contributed by atoms with E-state index < -0.39 is 0 Å². The van der Waals surface area contributed by atoms with Crippen molar-refractivity contribution in [2.45, 2.75) is 32.4 Å². The number of hydrogen-bond acceptors (Lipinski definition) is 4. The highest BCUT2D eigenvalue weighted by Crippen LogP contribution is 2.11. The van der Waals surface area contributed by atoms with Crippen LogP contribution in [0.3, 0.4) is 0 Å². The first-order chi connectivity index (χ1) is 9.72. The van der Waals surface area contributed by atoms with Crippen LogP contribution in [0.15, 0.2) is 24.3 Å². The summed E-state index contributed by atoms with van der Waals surface area (Å²) < 4.78 is 4.71. The number of ether oxygens (including phenoxy) is 1. The van der Waals surface area contributed by atoms with Gasteiger partial charge < -0.3 is 10.1 Å². The number of hydrogen-bond donors (Lipinski definition) is 1. The summed E-state index contributed by atoms with van der Waals surface area (Å²) >= 11 is 0. The van der Waals surface area contributed by atoms with E-state index in [1.807, 2.05) is 24.3 Å². The number of rotatable bonds is 6. The lowest BCUT2D eigenvalue weighted by Crippen LogP contribution is -2.37. The fourth-order valence-electron chi connectivity index (χ4n) is 2.65. The Morgan fingerprint density at radius 2 is 2.15 bits per heavy atom. The molecule has 0 amide bonds. The van der Waals surface area contributed by atoms with Gasteiger partial charge in [-0.3, -0.25) is 4.90 Å². The molecule has 0 aliphatic carbocycles. The second-order valence-electron chi connectivity index (χ2n) is 5.31. The molecule has 1 aliphatic rings. The maximum absolute atomic E-state index is 11.4. The molecule has 20 heavy (non-hydrogen) atoms. The maximum Gasteiger partial charge on any atom is 0.337 e. The van der Waals surface area contributed by atoms with Crippen LogP contribution in [0, 0.1) is 0 Å². The van der Waals surface area contributed by atoms with Crippen molar-refractivity contribution in [3.05, 3.63) is 35.4 Å². The highest BCUT2D eigenvalue weighted by Gasteiger charge is 2.17. The van der Waals surface area contributed by atoms with Gasteiger partial charge in [-0.1, -0.05) is 19.1 Å². The van der Waals surface area contributed by atoms with Crippen molar-refractivity contribution in [2.75, 3.05) is 26.7 Å². The van der Waals surface area contributed by atoms with Crippen LogP contribution < -0.4 is 5.32 Å². The molecular weight excluding hydrogens is 252 g/mol. The Kier molecular flexibility index (Phi) is 5.56. The number of nitrogens with zero attached hydrogens (tertiary/aromatic N) is 1. The number of carbonyl (C=O) groups excluding carboxylic acids is 1. The summed E-state index contributed by atoms with van der Waals surface area (Å²) in [6.45, 7) is 6.40. The molecule has 0 radical (unpaired) electrons. The van der Waals surface area contributed by atoms with E-state index in [0.29, 0.717) is 11.6 Å². The predicted octanol–water partition coefficient (Wildman–Crippen LogP) is 2.05. The topological polar surface area (TPSA) is 41.6 Å². The van der Waals surface area contributed by atoms with Gasteiger partial charge in [0.2, 0.25) is 0 Å². The zero-order valence-corrected chi connectivity index (χ0v) is 12.4. The minimum absolute atomic E-state index is 0.279. The molecule has 1 fully saturated rings. The van der Waals surface area contributed by atoms with E-state index in [-0.39, 0.29) is 5.97 Å². The number of nitrogens with one attached hydrogen (secondary N) is 1. The number of benzene rings is 1. The van der Waals surface area contributed by atoms with Crippen LogP contribution in [0.5, 0.6) is 0 Å². The summed E-state index contributed by atoms with van der Waals surface area (Å²) in [4.78, 5) is 13.8.